The maximum atomic E-state index is 13.8. The number of ether oxygens (including phenoxy) is 2. The molecule has 1 unspecified atom stereocenters. The van der Waals surface area contributed by atoms with Crippen LogP contribution in [0.3, 0.4) is 0 Å². The summed E-state index contributed by atoms with van der Waals surface area (Å²) in [5, 5.41) is 9.91. The molecule has 1 aliphatic heterocycles. The lowest BCUT2D eigenvalue weighted by Crippen LogP contribution is -2.21. The van der Waals surface area contributed by atoms with E-state index in [1.165, 1.54) is 0 Å². The Balaban J connectivity index is 2.33. The van der Waals surface area contributed by atoms with Gasteiger partial charge in [-0.2, -0.15) is 5.26 Å². The van der Waals surface area contributed by atoms with Gasteiger partial charge in [0.05, 0.1) is 26.2 Å². The van der Waals surface area contributed by atoms with Crippen LogP contribution in [0.15, 0.2) is 71.6 Å². The Hall–Kier alpha value is -3.04. The van der Waals surface area contributed by atoms with Crippen LogP contribution in [0.4, 0.5) is 0 Å². The molecule has 0 aliphatic carbocycles. The van der Waals surface area contributed by atoms with Crippen molar-refractivity contribution in [3.05, 3.63) is 82.7 Å². The number of hydrogen-bond donors (Lipinski definition) is 1. The molecule has 0 bridgehead atoms. The first-order valence-electron chi connectivity index (χ1n) is 9.89. The van der Waals surface area contributed by atoms with Crippen LogP contribution in [0.25, 0.3) is 5.57 Å². The van der Waals surface area contributed by atoms with Gasteiger partial charge in [0, 0.05) is 5.57 Å². The minimum atomic E-state index is -3.85. The van der Waals surface area contributed by atoms with Crippen LogP contribution in [0.1, 0.15) is 30.9 Å². The number of rotatable bonds is 8. The van der Waals surface area contributed by atoms with E-state index in [0.29, 0.717) is 11.3 Å². The highest BCUT2D eigenvalue weighted by molar-refractivity contribution is 7.58. The Kier molecular flexibility index (Phi) is 7.19. The topological polar surface area (TPSA) is 104 Å². The Morgan fingerprint density at radius 2 is 1.68 bits per heavy atom. The number of allylic oxidation sites excluding steroid dienone is 2. The van der Waals surface area contributed by atoms with E-state index in [9.17, 15) is 9.83 Å². The molecule has 2 aromatic carbocycles. The molecule has 2 N–H and O–H groups in total. The predicted molar refractivity (Wildman–Crippen MR) is 118 cm³/mol. The summed E-state index contributed by atoms with van der Waals surface area (Å²) in [6.45, 7) is 3.73. The van der Waals surface area contributed by atoms with Gasteiger partial charge in [0.25, 0.3) is 0 Å². The van der Waals surface area contributed by atoms with Crippen LogP contribution < -0.4 is 10.5 Å². The molecule has 0 amide bonds. The SMILES string of the molecule is CCOP(=O)(OCC)C1=C(c2ccccc2)C(c2ccc(OC)cc2)C(C#N)=C(N)O1. The minimum Gasteiger partial charge on any atom is -0.497 e. The van der Waals surface area contributed by atoms with Gasteiger partial charge in [0.2, 0.25) is 11.4 Å². The highest BCUT2D eigenvalue weighted by Gasteiger charge is 2.43. The standard InChI is InChI=1S/C23H25N2O5P/c1-4-28-31(26,29-5-2)23-21(16-9-7-6-8-10-16)20(19(15-24)22(25)30-23)17-11-13-18(27-3)14-12-17/h6-14,20H,4-5,25H2,1-3H3. The number of benzene rings is 2. The summed E-state index contributed by atoms with van der Waals surface area (Å²) in [6, 6.07) is 18.7. The number of hydrogen-bond acceptors (Lipinski definition) is 7. The number of nitriles is 1. The molecule has 162 valence electrons. The molecule has 1 aliphatic rings. The van der Waals surface area contributed by atoms with Crippen molar-refractivity contribution in [3.8, 4) is 11.8 Å². The fourth-order valence-electron chi connectivity index (χ4n) is 3.48. The second-order valence-electron chi connectivity index (χ2n) is 6.62. The van der Waals surface area contributed by atoms with Gasteiger partial charge >= 0.3 is 7.60 Å². The molecule has 0 aromatic heterocycles. The highest BCUT2D eigenvalue weighted by atomic mass is 31.2. The molecule has 7 nitrogen and oxygen atoms in total. The van der Waals surface area contributed by atoms with Crippen LogP contribution in [0.2, 0.25) is 0 Å². The summed E-state index contributed by atoms with van der Waals surface area (Å²) < 4.78 is 36.0. The van der Waals surface area contributed by atoms with E-state index in [1.54, 1.807) is 33.1 Å². The fourth-order valence-corrected chi connectivity index (χ4v) is 5.23. The largest absolute Gasteiger partial charge is 0.497 e. The molecule has 1 heterocycles. The number of methoxy groups -OCH3 is 1. The van der Waals surface area contributed by atoms with Gasteiger partial charge in [0.1, 0.15) is 17.4 Å². The van der Waals surface area contributed by atoms with Gasteiger partial charge < -0.3 is 24.3 Å². The van der Waals surface area contributed by atoms with Crippen molar-refractivity contribution in [3.63, 3.8) is 0 Å². The first kappa shape index (κ1) is 22.6. The average Bonchev–Trinajstić information content (AvgIpc) is 2.79. The molecule has 0 spiro atoms. The molecule has 0 saturated heterocycles. The molecule has 2 aromatic rings. The van der Waals surface area contributed by atoms with Crippen molar-refractivity contribution in [2.45, 2.75) is 19.8 Å². The molecule has 0 fully saturated rings. The molecular weight excluding hydrogens is 415 g/mol. The van der Waals surface area contributed by atoms with E-state index in [-0.39, 0.29) is 30.2 Å². The zero-order valence-electron chi connectivity index (χ0n) is 17.7. The number of nitrogens with zero attached hydrogens (tertiary/aromatic N) is 1. The van der Waals surface area contributed by atoms with E-state index >= 15 is 0 Å². The molecule has 31 heavy (non-hydrogen) atoms. The third kappa shape index (κ3) is 4.52. The van der Waals surface area contributed by atoms with Gasteiger partial charge in [-0.25, -0.2) is 0 Å². The van der Waals surface area contributed by atoms with E-state index in [2.05, 4.69) is 6.07 Å². The first-order chi connectivity index (χ1) is 15.0. The monoisotopic (exact) mass is 440 g/mol. The van der Waals surface area contributed by atoms with Gasteiger partial charge in [0.15, 0.2) is 0 Å². The Labute approximate surface area is 182 Å². The van der Waals surface area contributed by atoms with E-state index in [4.69, 9.17) is 24.3 Å². The van der Waals surface area contributed by atoms with Crippen LogP contribution >= 0.6 is 7.60 Å². The lowest BCUT2D eigenvalue weighted by molar-refractivity contribution is 0.199. The second-order valence-corrected chi connectivity index (χ2v) is 8.53. The maximum Gasteiger partial charge on any atom is 0.396 e. The maximum absolute atomic E-state index is 13.8. The fraction of sp³-hybridized carbons (Fsp3) is 0.261. The van der Waals surface area contributed by atoms with Gasteiger partial charge in [-0.3, -0.25) is 4.57 Å². The zero-order chi connectivity index (χ0) is 22.4. The van der Waals surface area contributed by atoms with Gasteiger partial charge in [-0.15, -0.1) is 0 Å². The normalized spacial score (nSPS) is 16.6. The molecule has 8 heteroatoms. The van der Waals surface area contributed by atoms with Crippen LogP contribution in [-0.2, 0) is 18.3 Å². The average molecular weight is 440 g/mol. The predicted octanol–water partition coefficient (Wildman–Crippen LogP) is 5.14. The summed E-state index contributed by atoms with van der Waals surface area (Å²) in [6.07, 6.45) is 0. The van der Waals surface area contributed by atoms with Gasteiger partial charge in [-0.1, -0.05) is 42.5 Å². The van der Waals surface area contributed by atoms with E-state index < -0.39 is 13.5 Å². The Morgan fingerprint density at radius 3 is 2.19 bits per heavy atom. The second kappa shape index (κ2) is 9.84. The van der Waals surface area contributed by atoms with E-state index in [1.807, 2.05) is 42.5 Å². The van der Waals surface area contributed by atoms with Crippen molar-refractivity contribution in [1.82, 2.24) is 0 Å². The molecule has 0 saturated carbocycles. The van der Waals surface area contributed by atoms with Crippen molar-refractivity contribution in [2.75, 3.05) is 20.3 Å². The zero-order valence-corrected chi connectivity index (χ0v) is 18.6. The van der Waals surface area contributed by atoms with Crippen molar-refractivity contribution >= 4 is 13.2 Å². The summed E-state index contributed by atoms with van der Waals surface area (Å²) in [5.41, 5.74) is 8.35. The Bertz CT molecular complexity index is 1060. The van der Waals surface area contributed by atoms with Gasteiger partial charge in [-0.05, 0) is 37.1 Å². The summed E-state index contributed by atoms with van der Waals surface area (Å²) in [7, 11) is -2.28. The summed E-state index contributed by atoms with van der Waals surface area (Å²) in [5.74, 6) is -0.0834. The first-order valence-corrected chi connectivity index (χ1v) is 11.4. The van der Waals surface area contributed by atoms with E-state index in [0.717, 1.165) is 11.1 Å². The summed E-state index contributed by atoms with van der Waals surface area (Å²) in [4.78, 5) is 0. The molecule has 3 rings (SSSR count). The van der Waals surface area contributed by atoms with Crippen molar-refractivity contribution in [2.24, 2.45) is 5.73 Å². The molecule has 1 atom stereocenters. The third-order valence-corrected chi connectivity index (χ3v) is 6.81. The highest BCUT2D eigenvalue weighted by Crippen LogP contribution is 2.63. The van der Waals surface area contributed by atoms with Crippen molar-refractivity contribution in [1.29, 1.82) is 5.26 Å². The van der Waals surface area contributed by atoms with Crippen LogP contribution in [-0.4, -0.2) is 20.3 Å². The van der Waals surface area contributed by atoms with Crippen LogP contribution in [0, 0.1) is 11.3 Å². The third-order valence-electron chi connectivity index (χ3n) is 4.78. The lowest BCUT2D eigenvalue weighted by Gasteiger charge is -2.32. The lowest BCUT2D eigenvalue weighted by atomic mass is 9.81. The van der Waals surface area contributed by atoms with Crippen molar-refractivity contribution < 1.29 is 23.1 Å². The Morgan fingerprint density at radius 1 is 1.06 bits per heavy atom. The van der Waals surface area contributed by atoms with Crippen LogP contribution in [0.5, 0.6) is 5.75 Å². The molecular formula is C23H25N2O5P. The smallest absolute Gasteiger partial charge is 0.396 e. The minimum absolute atomic E-state index is 0.000261. The molecule has 0 radical (unpaired) electrons. The summed E-state index contributed by atoms with van der Waals surface area (Å²) >= 11 is 0. The quantitative estimate of drug-likeness (QED) is 0.567. The number of nitrogens with two attached hydrogens (primary N) is 1.